The van der Waals surface area contributed by atoms with Crippen LogP contribution in [0.5, 0.6) is 0 Å². The summed E-state index contributed by atoms with van der Waals surface area (Å²) in [5.74, 6) is 0.902. The molecule has 120 valence electrons. The summed E-state index contributed by atoms with van der Waals surface area (Å²) in [5, 5.41) is 16.2. The molecule has 1 aromatic heterocycles. The Labute approximate surface area is 130 Å². The van der Waals surface area contributed by atoms with Crippen LogP contribution < -0.4 is 5.32 Å². The molecular formula is C13H26N6OS. The molecule has 0 saturated carbocycles. The second kappa shape index (κ2) is 9.34. The van der Waals surface area contributed by atoms with Gasteiger partial charge < -0.3 is 10.1 Å². The predicted molar refractivity (Wildman–Crippen MR) is 83.6 cm³/mol. The van der Waals surface area contributed by atoms with Crippen molar-refractivity contribution >= 4 is 11.8 Å². The van der Waals surface area contributed by atoms with Gasteiger partial charge in [-0.25, -0.2) is 4.68 Å². The van der Waals surface area contributed by atoms with Crippen LogP contribution in [0.3, 0.4) is 0 Å². The number of hydrogen-bond donors (Lipinski definition) is 1. The molecule has 1 N–H and O–H groups in total. The van der Waals surface area contributed by atoms with Gasteiger partial charge in [-0.2, -0.15) is 0 Å². The zero-order valence-electron chi connectivity index (χ0n) is 13.0. The van der Waals surface area contributed by atoms with Gasteiger partial charge in [-0.15, -0.1) is 5.10 Å². The van der Waals surface area contributed by atoms with E-state index in [4.69, 9.17) is 4.74 Å². The van der Waals surface area contributed by atoms with E-state index in [-0.39, 0.29) is 6.10 Å². The Morgan fingerprint density at radius 2 is 2.29 bits per heavy atom. The Morgan fingerprint density at radius 3 is 3.10 bits per heavy atom. The summed E-state index contributed by atoms with van der Waals surface area (Å²) in [6, 6.07) is 0. The number of tetrazole rings is 1. The maximum Gasteiger partial charge on any atom is 0.209 e. The van der Waals surface area contributed by atoms with Crippen LogP contribution in [0.4, 0.5) is 0 Å². The third kappa shape index (κ3) is 5.54. The zero-order chi connectivity index (χ0) is 14.9. The van der Waals surface area contributed by atoms with Gasteiger partial charge in [-0.1, -0.05) is 25.6 Å². The monoisotopic (exact) mass is 314 g/mol. The van der Waals surface area contributed by atoms with E-state index in [2.05, 4.69) is 39.6 Å². The van der Waals surface area contributed by atoms with Crippen molar-refractivity contribution < 1.29 is 4.74 Å². The third-order valence-electron chi connectivity index (χ3n) is 3.49. The Balaban J connectivity index is 1.74. The van der Waals surface area contributed by atoms with Crippen LogP contribution in [0.25, 0.3) is 0 Å². The van der Waals surface area contributed by atoms with Crippen LogP contribution in [-0.2, 0) is 11.3 Å². The van der Waals surface area contributed by atoms with Crippen molar-refractivity contribution in [1.82, 2.24) is 30.4 Å². The van der Waals surface area contributed by atoms with Crippen molar-refractivity contribution in [2.75, 3.05) is 45.1 Å². The van der Waals surface area contributed by atoms with Gasteiger partial charge in [0, 0.05) is 25.4 Å². The molecule has 0 radical (unpaired) electrons. The SMILES string of the molecule is CCCNCCn1nnnc1SCC1CN(CC)CCO1. The van der Waals surface area contributed by atoms with Crippen molar-refractivity contribution in [2.24, 2.45) is 0 Å². The van der Waals surface area contributed by atoms with Gasteiger partial charge in [0.05, 0.1) is 19.3 Å². The molecule has 0 spiro atoms. The summed E-state index contributed by atoms with van der Waals surface area (Å²) in [4.78, 5) is 2.42. The van der Waals surface area contributed by atoms with Gasteiger partial charge >= 0.3 is 0 Å². The number of nitrogens with one attached hydrogen (secondary N) is 1. The van der Waals surface area contributed by atoms with Crippen molar-refractivity contribution in [1.29, 1.82) is 0 Å². The quantitative estimate of drug-likeness (QED) is 0.525. The van der Waals surface area contributed by atoms with Gasteiger partial charge in [-0.05, 0) is 29.9 Å². The summed E-state index contributed by atoms with van der Waals surface area (Å²) in [6.45, 7) is 11.1. The fraction of sp³-hybridized carbons (Fsp3) is 0.923. The maximum absolute atomic E-state index is 5.81. The van der Waals surface area contributed by atoms with E-state index >= 15 is 0 Å². The average Bonchev–Trinajstić information content (AvgIpc) is 2.97. The van der Waals surface area contributed by atoms with Crippen LogP contribution in [0.1, 0.15) is 20.3 Å². The number of rotatable bonds is 9. The van der Waals surface area contributed by atoms with E-state index in [1.807, 2.05) is 4.68 Å². The molecule has 0 amide bonds. The number of hydrogen-bond acceptors (Lipinski definition) is 7. The standard InChI is InChI=1S/C13H26N6OS/c1-3-5-14-6-7-19-13(15-16-17-19)21-11-12-10-18(4-2)8-9-20-12/h12,14H,3-11H2,1-2H3. The highest BCUT2D eigenvalue weighted by Gasteiger charge is 2.20. The highest BCUT2D eigenvalue weighted by molar-refractivity contribution is 7.99. The van der Waals surface area contributed by atoms with Crippen LogP contribution in [-0.4, -0.2) is 76.3 Å². The zero-order valence-corrected chi connectivity index (χ0v) is 13.8. The summed E-state index contributed by atoms with van der Waals surface area (Å²) in [7, 11) is 0. The third-order valence-corrected chi connectivity index (χ3v) is 4.58. The lowest BCUT2D eigenvalue weighted by atomic mass is 10.3. The van der Waals surface area contributed by atoms with E-state index in [1.54, 1.807) is 11.8 Å². The number of aromatic nitrogens is 4. The van der Waals surface area contributed by atoms with Gasteiger partial charge in [0.1, 0.15) is 0 Å². The summed E-state index contributed by atoms with van der Waals surface area (Å²) in [6.07, 6.45) is 1.41. The van der Waals surface area contributed by atoms with E-state index < -0.39 is 0 Å². The summed E-state index contributed by atoms with van der Waals surface area (Å²) in [5.41, 5.74) is 0. The van der Waals surface area contributed by atoms with Crippen molar-refractivity contribution in [2.45, 2.75) is 38.1 Å². The largest absolute Gasteiger partial charge is 0.375 e. The Hall–Kier alpha value is -0.700. The number of thioether (sulfide) groups is 1. The Kier molecular flexibility index (Phi) is 7.42. The van der Waals surface area contributed by atoms with E-state index in [0.717, 1.165) is 63.2 Å². The molecule has 2 heterocycles. The molecule has 21 heavy (non-hydrogen) atoms. The van der Waals surface area contributed by atoms with Gasteiger partial charge in [0.15, 0.2) is 0 Å². The molecule has 1 aliphatic rings. The molecule has 1 aromatic rings. The lowest BCUT2D eigenvalue weighted by Gasteiger charge is -2.31. The van der Waals surface area contributed by atoms with Crippen LogP contribution in [0, 0.1) is 0 Å². The number of ether oxygens (including phenoxy) is 1. The average molecular weight is 314 g/mol. The molecule has 1 fully saturated rings. The lowest BCUT2D eigenvalue weighted by Crippen LogP contribution is -2.43. The minimum Gasteiger partial charge on any atom is -0.375 e. The predicted octanol–water partition coefficient (Wildman–Crippen LogP) is 0.486. The van der Waals surface area contributed by atoms with Crippen LogP contribution in [0.15, 0.2) is 5.16 Å². The molecule has 0 aliphatic carbocycles. The smallest absolute Gasteiger partial charge is 0.209 e. The normalized spacial score (nSPS) is 20.0. The summed E-state index contributed by atoms with van der Waals surface area (Å²) >= 11 is 1.68. The Bertz CT molecular complexity index is 402. The molecule has 1 atom stereocenters. The maximum atomic E-state index is 5.81. The van der Waals surface area contributed by atoms with Crippen molar-refractivity contribution in [3.8, 4) is 0 Å². The van der Waals surface area contributed by atoms with Crippen molar-refractivity contribution in [3.05, 3.63) is 0 Å². The first-order chi connectivity index (χ1) is 10.3. The fourth-order valence-corrected chi connectivity index (χ4v) is 3.17. The first-order valence-electron chi connectivity index (χ1n) is 7.77. The van der Waals surface area contributed by atoms with E-state index in [0.29, 0.717) is 0 Å². The lowest BCUT2D eigenvalue weighted by molar-refractivity contribution is -0.0137. The van der Waals surface area contributed by atoms with Gasteiger partial charge in [0.2, 0.25) is 5.16 Å². The van der Waals surface area contributed by atoms with E-state index in [9.17, 15) is 0 Å². The second-order valence-electron chi connectivity index (χ2n) is 5.13. The molecule has 1 aliphatic heterocycles. The molecule has 1 unspecified atom stereocenters. The number of morpholine rings is 1. The highest BCUT2D eigenvalue weighted by Crippen LogP contribution is 2.18. The van der Waals surface area contributed by atoms with Crippen LogP contribution >= 0.6 is 11.8 Å². The molecular weight excluding hydrogens is 288 g/mol. The number of likely N-dealkylation sites (N-methyl/N-ethyl adjacent to an activating group) is 1. The molecule has 2 rings (SSSR count). The first-order valence-corrected chi connectivity index (χ1v) is 8.75. The van der Waals surface area contributed by atoms with E-state index in [1.165, 1.54) is 0 Å². The number of nitrogens with zero attached hydrogens (tertiary/aromatic N) is 5. The first kappa shape index (κ1) is 16.7. The minimum atomic E-state index is 0.270. The minimum absolute atomic E-state index is 0.270. The Morgan fingerprint density at radius 1 is 1.38 bits per heavy atom. The summed E-state index contributed by atoms with van der Waals surface area (Å²) < 4.78 is 7.68. The van der Waals surface area contributed by atoms with Gasteiger partial charge in [-0.3, -0.25) is 4.90 Å². The molecule has 0 bridgehead atoms. The van der Waals surface area contributed by atoms with Gasteiger partial charge in [0.25, 0.3) is 0 Å². The molecule has 1 saturated heterocycles. The topological polar surface area (TPSA) is 68.1 Å². The molecule has 7 nitrogen and oxygen atoms in total. The van der Waals surface area contributed by atoms with Crippen LogP contribution in [0.2, 0.25) is 0 Å². The van der Waals surface area contributed by atoms with Crippen molar-refractivity contribution in [3.63, 3.8) is 0 Å². The molecule has 0 aromatic carbocycles. The molecule has 8 heteroatoms. The second-order valence-corrected chi connectivity index (χ2v) is 6.12. The fourth-order valence-electron chi connectivity index (χ4n) is 2.26. The highest BCUT2D eigenvalue weighted by atomic mass is 32.2.